The van der Waals surface area contributed by atoms with Crippen LogP contribution in [0.4, 0.5) is 0 Å². The van der Waals surface area contributed by atoms with Gasteiger partial charge in [-0.3, -0.25) is 4.57 Å². The number of hydrogen-bond acceptors (Lipinski definition) is 3. The lowest BCUT2D eigenvalue weighted by Crippen LogP contribution is -2.21. The van der Waals surface area contributed by atoms with Gasteiger partial charge in [-0.05, 0) is 31.0 Å². The van der Waals surface area contributed by atoms with E-state index in [9.17, 15) is 4.79 Å². The van der Waals surface area contributed by atoms with Gasteiger partial charge in [0.05, 0.1) is 12.3 Å². The second kappa shape index (κ2) is 5.20. The monoisotopic (exact) mass is 247 g/mol. The van der Waals surface area contributed by atoms with E-state index in [-0.39, 0.29) is 5.69 Å². The molecule has 5 nitrogen and oxygen atoms in total. The maximum atomic E-state index is 12.0. The largest absolute Gasteiger partial charge is 0.332 e. The molecule has 2 N–H and O–H groups in total. The highest BCUT2D eigenvalue weighted by molar-refractivity contribution is 5.37. The Balaban J connectivity index is 2.41. The number of rotatable bonds is 4. The van der Waals surface area contributed by atoms with Crippen molar-refractivity contribution in [2.75, 3.05) is 6.61 Å². The molecule has 18 heavy (non-hydrogen) atoms. The van der Waals surface area contributed by atoms with Gasteiger partial charge in [-0.15, -0.1) is 0 Å². The lowest BCUT2D eigenvalue weighted by atomic mass is 10.1. The van der Waals surface area contributed by atoms with Crippen LogP contribution in [0.2, 0.25) is 0 Å². The second-order valence-electron chi connectivity index (χ2n) is 4.29. The normalized spacial score (nSPS) is 10.8. The molecule has 0 unspecified atom stereocenters. The zero-order chi connectivity index (χ0) is 13.1. The molecule has 0 aliphatic heterocycles. The lowest BCUT2D eigenvalue weighted by Gasteiger charge is -2.06. The number of nitrogens with two attached hydrogens (primary N) is 1. The van der Waals surface area contributed by atoms with E-state index >= 15 is 0 Å². The minimum atomic E-state index is -0.0419. The summed E-state index contributed by atoms with van der Waals surface area (Å²) in [5, 5.41) is 0. The number of imidazole rings is 1. The molecule has 0 aliphatic carbocycles. The van der Waals surface area contributed by atoms with Crippen LogP contribution >= 0.6 is 0 Å². The van der Waals surface area contributed by atoms with Crippen LogP contribution < -0.4 is 11.6 Å². The van der Waals surface area contributed by atoms with Crippen molar-refractivity contribution >= 4 is 0 Å². The minimum absolute atomic E-state index is 0.0419. The first kappa shape index (κ1) is 12.6. The fourth-order valence-electron chi connectivity index (χ4n) is 2.04. The smallest absolute Gasteiger partial charge is 0.304 e. The van der Waals surface area contributed by atoms with Crippen molar-refractivity contribution in [2.24, 2.45) is 12.9 Å². The third-order valence-corrected chi connectivity index (χ3v) is 2.90. The fraction of sp³-hybridized carbons (Fsp3) is 0.308. The van der Waals surface area contributed by atoms with Crippen molar-refractivity contribution in [3.05, 3.63) is 52.2 Å². The highest BCUT2D eigenvalue weighted by Gasteiger charge is 2.07. The molecule has 0 aliphatic rings. The van der Waals surface area contributed by atoms with E-state index in [0.29, 0.717) is 6.61 Å². The molecule has 0 fully saturated rings. The Bertz CT molecular complexity index is 599. The molecule has 1 aromatic carbocycles. The third kappa shape index (κ3) is 2.37. The van der Waals surface area contributed by atoms with Gasteiger partial charge in [0.1, 0.15) is 0 Å². The first-order valence-electron chi connectivity index (χ1n) is 5.79. The summed E-state index contributed by atoms with van der Waals surface area (Å²) in [5.41, 5.74) is 2.83. The molecule has 0 amide bonds. The highest BCUT2D eigenvalue weighted by atomic mass is 16.6. The van der Waals surface area contributed by atoms with Crippen LogP contribution in [-0.2, 0) is 18.3 Å². The first-order valence-corrected chi connectivity index (χ1v) is 5.79. The van der Waals surface area contributed by atoms with E-state index < -0.39 is 0 Å². The summed E-state index contributed by atoms with van der Waals surface area (Å²) < 4.78 is 3.26. The first-order chi connectivity index (χ1) is 8.63. The van der Waals surface area contributed by atoms with Crippen molar-refractivity contribution in [3.63, 3.8) is 0 Å². The highest BCUT2D eigenvalue weighted by Crippen LogP contribution is 2.11. The molecule has 0 spiro atoms. The van der Waals surface area contributed by atoms with Gasteiger partial charge in [0.25, 0.3) is 0 Å². The van der Waals surface area contributed by atoms with Gasteiger partial charge >= 0.3 is 5.69 Å². The van der Waals surface area contributed by atoms with E-state index in [1.54, 1.807) is 16.2 Å². The van der Waals surface area contributed by atoms with E-state index in [0.717, 1.165) is 23.4 Å². The van der Waals surface area contributed by atoms with Crippen LogP contribution in [0.1, 0.15) is 11.3 Å². The van der Waals surface area contributed by atoms with Gasteiger partial charge in [-0.2, -0.15) is 0 Å². The summed E-state index contributed by atoms with van der Waals surface area (Å²) >= 11 is 0. The van der Waals surface area contributed by atoms with Crippen molar-refractivity contribution < 1.29 is 4.84 Å². The van der Waals surface area contributed by atoms with Crippen molar-refractivity contribution in [1.82, 2.24) is 9.13 Å². The number of aromatic nitrogens is 2. The number of nitrogens with zero attached hydrogens (tertiary/aromatic N) is 2. The Morgan fingerprint density at radius 3 is 2.78 bits per heavy atom. The fourth-order valence-corrected chi connectivity index (χ4v) is 2.04. The zero-order valence-electron chi connectivity index (χ0n) is 10.6. The average Bonchev–Trinajstić information content (AvgIpc) is 2.61. The Hall–Kier alpha value is -1.85. The van der Waals surface area contributed by atoms with Crippen molar-refractivity contribution in [3.8, 4) is 5.69 Å². The van der Waals surface area contributed by atoms with Gasteiger partial charge in [0.15, 0.2) is 0 Å². The lowest BCUT2D eigenvalue weighted by molar-refractivity contribution is 0.141. The summed E-state index contributed by atoms with van der Waals surface area (Å²) in [4.78, 5) is 16.6. The molecule has 2 rings (SSSR count). The summed E-state index contributed by atoms with van der Waals surface area (Å²) in [6.07, 6.45) is 2.54. The SMILES string of the molecule is Cc1cn(C)c(=O)n1-c1cccc(CCON)c1. The predicted molar refractivity (Wildman–Crippen MR) is 69.6 cm³/mol. The summed E-state index contributed by atoms with van der Waals surface area (Å²) in [7, 11) is 1.75. The maximum Gasteiger partial charge on any atom is 0.332 e. The summed E-state index contributed by atoms with van der Waals surface area (Å²) in [6.45, 7) is 2.38. The Labute approximate surface area is 105 Å². The molecule has 0 bridgehead atoms. The Kier molecular flexibility index (Phi) is 3.64. The molecule has 5 heteroatoms. The van der Waals surface area contributed by atoms with Crippen LogP contribution in [0.3, 0.4) is 0 Å². The van der Waals surface area contributed by atoms with Gasteiger partial charge in [-0.25, -0.2) is 10.7 Å². The molecule has 0 saturated carbocycles. The van der Waals surface area contributed by atoms with Crippen LogP contribution in [0, 0.1) is 6.92 Å². The Morgan fingerprint density at radius 1 is 1.39 bits per heavy atom. The standard InChI is InChI=1S/C13H17N3O2/c1-10-9-15(2)13(17)16(10)12-5-3-4-11(8-12)6-7-18-14/h3-5,8-9H,6-7,14H2,1-2H3. The predicted octanol–water partition coefficient (Wildman–Crippen LogP) is 0.917. The van der Waals surface area contributed by atoms with E-state index in [4.69, 9.17) is 5.90 Å². The van der Waals surface area contributed by atoms with Crippen LogP contribution in [0.5, 0.6) is 0 Å². The molecule has 1 heterocycles. The molecular formula is C13H17N3O2. The number of hydrogen-bond donors (Lipinski definition) is 1. The molecule has 0 radical (unpaired) electrons. The molecule has 96 valence electrons. The topological polar surface area (TPSA) is 62.2 Å². The Morgan fingerprint density at radius 2 is 2.17 bits per heavy atom. The van der Waals surface area contributed by atoms with Crippen LogP contribution in [-0.4, -0.2) is 15.7 Å². The minimum Gasteiger partial charge on any atom is -0.304 e. The van der Waals surface area contributed by atoms with E-state index in [1.807, 2.05) is 37.4 Å². The van der Waals surface area contributed by atoms with Gasteiger partial charge in [-0.1, -0.05) is 12.1 Å². The summed E-state index contributed by atoms with van der Waals surface area (Å²) in [5.74, 6) is 5.02. The van der Waals surface area contributed by atoms with Crippen LogP contribution in [0.25, 0.3) is 5.69 Å². The number of benzene rings is 1. The average molecular weight is 247 g/mol. The maximum absolute atomic E-state index is 12.0. The number of aryl methyl sites for hydroxylation is 2. The van der Waals surface area contributed by atoms with E-state index in [1.165, 1.54) is 0 Å². The summed E-state index contributed by atoms with van der Waals surface area (Å²) in [6, 6.07) is 7.82. The van der Waals surface area contributed by atoms with E-state index in [2.05, 4.69) is 4.84 Å². The molecule has 1 aromatic heterocycles. The van der Waals surface area contributed by atoms with Gasteiger partial charge in [0, 0.05) is 18.9 Å². The quantitative estimate of drug-likeness (QED) is 0.817. The molecule has 2 aromatic rings. The molecule has 0 saturated heterocycles. The second-order valence-corrected chi connectivity index (χ2v) is 4.29. The van der Waals surface area contributed by atoms with Gasteiger partial charge < -0.3 is 9.40 Å². The van der Waals surface area contributed by atoms with Crippen molar-refractivity contribution in [1.29, 1.82) is 0 Å². The van der Waals surface area contributed by atoms with Gasteiger partial charge in [0.2, 0.25) is 0 Å². The van der Waals surface area contributed by atoms with Crippen molar-refractivity contribution in [2.45, 2.75) is 13.3 Å². The zero-order valence-corrected chi connectivity index (χ0v) is 10.6. The van der Waals surface area contributed by atoms with Crippen LogP contribution in [0.15, 0.2) is 35.3 Å². The third-order valence-electron chi connectivity index (χ3n) is 2.90. The molecular weight excluding hydrogens is 230 g/mol. The molecule has 0 atom stereocenters.